The zero-order valence-corrected chi connectivity index (χ0v) is 38.8. The smallest absolute Gasteiger partial charge is 0.306 e. The first-order valence-electron chi connectivity index (χ1n) is 25.4. The second-order valence-electron chi connectivity index (χ2n) is 17.9. The van der Waals surface area contributed by atoms with Gasteiger partial charge < -0.3 is 14.2 Å². The van der Waals surface area contributed by atoms with E-state index in [-0.39, 0.29) is 31.1 Å². The molecule has 0 aliphatic rings. The van der Waals surface area contributed by atoms with Crippen molar-refractivity contribution in [1.82, 2.24) is 0 Å². The number of ether oxygens (including phenoxy) is 3. The Morgan fingerprint density at radius 1 is 0.333 bits per heavy atom. The van der Waals surface area contributed by atoms with Crippen LogP contribution < -0.4 is 0 Å². The Hall–Kier alpha value is -1.59. The van der Waals surface area contributed by atoms with Gasteiger partial charge in [0.05, 0.1) is 0 Å². The van der Waals surface area contributed by atoms with Crippen LogP contribution >= 0.6 is 0 Å². The van der Waals surface area contributed by atoms with Crippen molar-refractivity contribution >= 4 is 17.9 Å². The van der Waals surface area contributed by atoms with Gasteiger partial charge in [0.15, 0.2) is 6.10 Å². The minimum absolute atomic E-state index is 0.0637. The number of carbonyl (C=O) groups is 3. The maximum Gasteiger partial charge on any atom is 0.306 e. The number of rotatable bonds is 46. The molecule has 0 aliphatic heterocycles. The summed E-state index contributed by atoms with van der Waals surface area (Å²) in [7, 11) is 0. The van der Waals surface area contributed by atoms with Gasteiger partial charge in [0.25, 0.3) is 0 Å². The molecule has 0 saturated heterocycles. The van der Waals surface area contributed by atoms with Gasteiger partial charge >= 0.3 is 17.9 Å². The maximum atomic E-state index is 12.7. The fourth-order valence-electron chi connectivity index (χ4n) is 7.69. The lowest BCUT2D eigenvalue weighted by atomic mass is 10.0. The summed E-state index contributed by atoms with van der Waals surface area (Å²) in [5, 5.41) is 0. The highest BCUT2D eigenvalue weighted by Crippen LogP contribution is 2.17. The third-order valence-electron chi connectivity index (χ3n) is 11.5. The molecule has 0 radical (unpaired) electrons. The van der Waals surface area contributed by atoms with E-state index in [1.54, 1.807) is 0 Å². The maximum absolute atomic E-state index is 12.7. The molecule has 0 saturated carbocycles. The Morgan fingerprint density at radius 3 is 0.860 bits per heavy atom. The molecule has 0 unspecified atom stereocenters. The summed E-state index contributed by atoms with van der Waals surface area (Å²) >= 11 is 0. The molecule has 0 aromatic carbocycles. The van der Waals surface area contributed by atoms with Crippen LogP contribution in [0.1, 0.15) is 285 Å². The van der Waals surface area contributed by atoms with Gasteiger partial charge in [-0.2, -0.15) is 0 Å². The van der Waals surface area contributed by atoms with Crippen molar-refractivity contribution in [2.45, 2.75) is 291 Å². The average molecular weight is 807 g/mol. The second-order valence-corrected chi connectivity index (χ2v) is 17.9. The molecule has 338 valence electrons. The number of hydrogen-bond donors (Lipinski definition) is 0. The van der Waals surface area contributed by atoms with Crippen LogP contribution in [0.4, 0.5) is 0 Å². The molecule has 0 rings (SSSR count). The highest BCUT2D eigenvalue weighted by atomic mass is 16.6. The Morgan fingerprint density at radius 2 is 0.579 bits per heavy atom. The lowest BCUT2D eigenvalue weighted by Gasteiger charge is -2.18. The van der Waals surface area contributed by atoms with Crippen molar-refractivity contribution in [2.24, 2.45) is 5.92 Å². The Kier molecular flexibility index (Phi) is 44.2. The first kappa shape index (κ1) is 55.4. The largest absolute Gasteiger partial charge is 0.462 e. The summed E-state index contributed by atoms with van der Waals surface area (Å²) < 4.78 is 16.8. The lowest BCUT2D eigenvalue weighted by Crippen LogP contribution is -2.30. The third kappa shape index (κ3) is 45.3. The van der Waals surface area contributed by atoms with Crippen molar-refractivity contribution in [3.63, 3.8) is 0 Å². The van der Waals surface area contributed by atoms with E-state index in [0.29, 0.717) is 19.3 Å². The van der Waals surface area contributed by atoms with Gasteiger partial charge in [-0.15, -0.1) is 0 Å². The summed E-state index contributed by atoms with van der Waals surface area (Å²) in [4.78, 5) is 37.8. The quantitative estimate of drug-likeness (QED) is 0.0346. The van der Waals surface area contributed by atoms with Gasteiger partial charge in [-0.3, -0.25) is 14.4 Å². The Balaban J connectivity index is 4.27. The molecule has 0 aromatic rings. The van der Waals surface area contributed by atoms with Gasteiger partial charge in [-0.05, 0) is 25.2 Å². The SMILES string of the molecule is CCCCCCCCCCCCCCCCCC(=O)OC[C@@H](COC(=O)CCCCCCCCCCCCCCCC)OC(=O)CCCCCCCCCC(C)C. The van der Waals surface area contributed by atoms with E-state index in [1.165, 1.54) is 180 Å². The molecule has 6 heteroatoms. The molecule has 1 atom stereocenters. The van der Waals surface area contributed by atoms with E-state index >= 15 is 0 Å². The third-order valence-corrected chi connectivity index (χ3v) is 11.5. The summed E-state index contributed by atoms with van der Waals surface area (Å²) in [5.41, 5.74) is 0. The number of carbonyl (C=O) groups excluding carboxylic acids is 3. The van der Waals surface area contributed by atoms with Crippen LogP contribution in [-0.4, -0.2) is 37.2 Å². The van der Waals surface area contributed by atoms with E-state index in [0.717, 1.165) is 63.7 Å². The second kappa shape index (κ2) is 45.5. The van der Waals surface area contributed by atoms with E-state index in [9.17, 15) is 14.4 Å². The van der Waals surface area contributed by atoms with Gasteiger partial charge in [0.2, 0.25) is 0 Å². The molecule has 6 nitrogen and oxygen atoms in total. The van der Waals surface area contributed by atoms with Crippen molar-refractivity contribution in [2.75, 3.05) is 13.2 Å². The summed E-state index contributed by atoms with van der Waals surface area (Å²) in [6, 6.07) is 0. The molecule has 0 N–H and O–H groups in total. The van der Waals surface area contributed by atoms with Gasteiger partial charge in [0, 0.05) is 19.3 Å². The molecular weight excluding hydrogens is 709 g/mol. The van der Waals surface area contributed by atoms with Gasteiger partial charge in [-0.1, -0.05) is 246 Å². The van der Waals surface area contributed by atoms with E-state index in [4.69, 9.17) is 14.2 Å². The molecule has 0 aliphatic carbocycles. The monoisotopic (exact) mass is 807 g/mol. The lowest BCUT2D eigenvalue weighted by molar-refractivity contribution is -0.167. The van der Waals surface area contributed by atoms with Crippen LogP contribution in [0.15, 0.2) is 0 Å². The predicted molar refractivity (Wildman–Crippen MR) is 243 cm³/mol. The standard InChI is InChI=1S/C51H98O6/c1-5-7-9-11-13-15-17-19-21-23-25-27-31-35-39-43-50(53)56-46-48(57-51(54)44-40-36-32-28-29-33-37-41-47(3)4)45-55-49(52)42-38-34-30-26-24-22-20-18-16-14-12-10-8-6-2/h47-48H,5-46H2,1-4H3/t48-/m1/s1. The fraction of sp³-hybridized carbons (Fsp3) is 0.941. The van der Waals surface area contributed by atoms with E-state index < -0.39 is 6.10 Å². The first-order valence-corrected chi connectivity index (χ1v) is 25.4. The normalized spacial score (nSPS) is 11.9. The highest BCUT2D eigenvalue weighted by molar-refractivity contribution is 5.71. The minimum Gasteiger partial charge on any atom is -0.462 e. The molecule has 57 heavy (non-hydrogen) atoms. The highest BCUT2D eigenvalue weighted by Gasteiger charge is 2.19. The number of esters is 3. The van der Waals surface area contributed by atoms with Crippen molar-refractivity contribution in [3.05, 3.63) is 0 Å². The van der Waals surface area contributed by atoms with E-state index in [2.05, 4.69) is 27.7 Å². The van der Waals surface area contributed by atoms with Crippen LogP contribution in [-0.2, 0) is 28.6 Å². The minimum atomic E-state index is -0.760. The number of unbranched alkanes of at least 4 members (excludes halogenated alkanes) is 33. The predicted octanol–water partition coefficient (Wildman–Crippen LogP) is 16.3. The summed E-state index contributed by atoms with van der Waals surface area (Å²) in [6.07, 6.45) is 46.6. The average Bonchev–Trinajstić information content (AvgIpc) is 3.19. The Bertz CT molecular complexity index is 857. The summed E-state index contributed by atoms with van der Waals surface area (Å²) in [5.74, 6) is -0.0709. The van der Waals surface area contributed by atoms with Crippen LogP contribution in [0, 0.1) is 5.92 Å². The zero-order chi connectivity index (χ0) is 41.7. The topological polar surface area (TPSA) is 78.9 Å². The molecular formula is C51H98O6. The fourth-order valence-corrected chi connectivity index (χ4v) is 7.69. The molecule has 0 aromatic heterocycles. The van der Waals surface area contributed by atoms with Crippen LogP contribution in [0.2, 0.25) is 0 Å². The molecule has 0 spiro atoms. The zero-order valence-electron chi connectivity index (χ0n) is 38.8. The molecule has 0 bridgehead atoms. The Labute approximate surface area is 355 Å². The first-order chi connectivity index (χ1) is 27.9. The van der Waals surface area contributed by atoms with Crippen LogP contribution in [0.3, 0.4) is 0 Å². The summed E-state index contributed by atoms with van der Waals surface area (Å²) in [6.45, 7) is 8.97. The molecule has 0 heterocycles. The van der Waals surface area contributed by atoms with Crippen molar-refractivity contribution < 1.29 is 28.6 Å². The van der Waals surface area contributed by atoms with Crippen molar-refractivity contribution in [1.29, 1.82) is 0 Å². The molecule has 0 amide bonds. The number of hydrogen-bond acceptors (Lipinski definition) is 6. The van der Waals surface area contributed by atoms with Crippen LogP contribution in [0.5, 0.6) is 0 Å². The molecule has 0 fully saturated rings. The van der Waals surface area contributed by atoms with E-state index in [1.807, 2.05) is 0 Å². The van der Waals surface area contributed by atoms with Crippen LogP contribution in [0.25, 0.3) is 0 Å². The van der Waals surface area contributed by atoms with Gasteiger partial charge in [-0.25, -0.2) is 0 Å². The van der Waals surface area contributed by atoms with Gasteiger partial charge in [0.1, 0.15) is 13.2 Å². The van der Waals surface area contributed by atoms with Crippen molar-refractivity contribution in [3.8, 4) is 0 Å².